The molecule has 0 bridgehead atoms. The van der Waals surface area contributed by atoms with Crippen molar-refractivity contribution in [2.45, 2.75) is 0 Å². The molecule has 0 aliphatic heterocycles. The van der Waals surface area contributed by atoms with E-state index in [4.69, 9.17) is 4.98 Å². The normalized spacial score (nSPS) is 11.8. The predicted octanol–water partition coefficient (Wildman–Crippen LogP) is 16.5. The van der Waals surface area contributed by atoms with Crippen LogP contribution in [0.1, 0.15) is 0 Å². The SMILES string of the molecule is c1ccc(-c2ccc3c(c2)c2nc(-c4ccccc4)ccc2n3-c2ccc(-c3ccc4c5c(cccc35)-c3c-4c(-c4ccccc4)c4ccccc4c3-c3ccccc3)cc2)cc1. The second-order valence-electron chi connectivity index (χ2n) is 16.6. The van der Waals surface area contributed by atoms with Gasteiger partial charge < -0.3 is 4.57 Å². The van der Waals surface area contributed by atoms with Gasteiger partial charge in [0.25, 0.3) is 0 Å². The van der Waals surface area contributed by atoms with E-state index < -0.39 is 0 Å². The van der Waals surface area contributed by atoms with Crippen LogP contribution in [0.2, 0.25) is 0 Å². The zero-order valence-electron chi connectivity index (χ0n) is 34.3. The zero-order chi connectivity index (χ0) is 41.4. The standard InChI is InChI=1S/C61H38N2/c1-5-16-39(17-6-1)44-30-36-54-52(38-44)61-55(37-35-53(62-61)41-18-7-2-8-19-41)63(54)45-31-28-40(29-32-45)46-33-34-51-58-47(46)26-15-27-50(58)59-56(42-20-9-3-10-21-42)48-24-13-14-25-49(48)57(60(51)59)43-22-11-4-12-23-43/h1-38H. The Kier molecular flexibility index (Phi) is 7.94. The third kappa shape index (κ3) is 5.48. The molecule has 1 aliphatic rings. The van der Waals surface area contributed by atoms with Gasteiger partial charge in [-0.05, 0) is 125 Å². The lowest BCUT2D eigenvalue weighted by Gasteiger charge is -2.20. The molecule has 12 aromatic rings. The van der Waals surface area contributed by atoms with E-state index in [9.17, 15) is 0 Å². The van der Waals surface area contributed by atoms with E-state index in [2.05, 4.69) is 235 Å². The quantitative estimate of drug-likeness (QED) is 0.164. The van der Waals surface area contributed by atoms with Crippen LogP contribution in [0.15, 0.2) is 231 Å². The van der Waals surface area contributed by atoms with Crippen molar-refractivity contribution < 1.29 is 0 Å². The van der Waals surface area contributed by atoms with Crippen LogP contribution in [0.5, 0.6) is 0 Å². The summed E-state index contributed by atoms with van der Waals surface area (Å²) >= 11 is 0. The molecule has 292 valence electrons. The van der Waals surface area contributed by atoms with Crippen LogP contribution in [-0.2, 0) is 0 Å². The summed E-state index contributed by atoms with van der Waals surface area (Å²) < 4.78 is 2.37. The number of rotatable bonds is 6. The fourth-order valence-corrected chi connectivity index (χ4v) is 10.4. The number of fused-ring (bicyclic) bond motifs is 7. The van der Waals surface area contributed by atoms with Crippen molar-refractivity contribution in [3.63, 3.8) is 0 Å². The van der Waals surface area contributed by atoms with Crippen molar-refractivity contribution in [2.75, 3.05) is 0 Å². The molecule has 0 unspecified atom stereocenters. The minimum atomic E-state index is 0.969. The number of pyridine rings is 1. The van der Waals surface area contributed by atoms with Crippen LogP contribution in [0.3, 0.4) is 0 Å². The maximum Gasteiger partial charge on any atom is 0.0971 e. The minimum absolute atomic E-state index is 0.969. The minimum Gasteiger partial charge on any atom is -0.308 e. The van der Waals surface area contributed by atoms with E-state index in [0.717, 1.165) is 38.9 Å². The van der Waals surface area contributed by atoms with Crippen molar-refractivity contribution in [1.82, 2.24) is 9.55 Å². The lowest BCUT2D eigenvalue weighted by atomic mass is 9.82. The van der Waals surface area contributed by atoms with E-state index in [1.165, 1.54) is 88.3 Å². The second kappa shape index (κ2) is 14.1. The molecule has 0 atom stereocenters. The van der Waals surface area contributed by atoms with Gasteiger partial charge in [0.15, 0.2) is 0 Å². The monoisotopic (exact) mass is 798 g/mol. The van der Waals surface area contributed by atoms with E-state index in [0.29, 0.717) is 0 Å². The van der Waals surface area contributed by atoms with Crippen LogP contribution < -0.4 is 0 Å². The van der Waals surface area contributed by atoms with Crippen molar-refractivity contribution >= 4 is 43.5 Å². The molecule has 13 rings (SSSR count). The molecule has 2 heteroatoms. The first-order chi connectivity index (χ1) is 31.3. The van der Waals surface area contributed by atoms with Crippen LogP contribution in [0.25, 0.3) is 127 Å². The molecule has 0 saturated heterocycles. The molecular weight excluding hydrogens is 761 g/mol. The number of benzene rings is 10. The number of nitrogens with zero attached hydrogens (tertiary/aromatic N) is 2. The average Bonchev–Trinajstić information content (AvgIpc) is 3.87. The highest BCUT2D eigenvalue weighted by Gasteiger charge is 2.31. The first-order valence-electron chi connectivity index (χ1n) is 21.7. The Morgan fingerprint density at radius 3 is 1.43 bits per heavy atom. The summed E-state index contributed by atoms with van der Waals surface area (Å²) in [5, 5.41) is 6.26. The van der Waals surface area contributed by atoms with Gasteiger partial charge in [0, 0.05) is 16.6 Å². The lowest BCUT2D eigenvalue weighted by Crippen LogP contribution is -1.94. The third-order valence-electron chi connectivity index (χ3n) is 13.1. The van der Waals surface area contributed by atoms with Crippen molar-refractivity contribution in [3.8, 4) is 83.7 Å². The van der Waals surface area contributed by atoms with E-state index in [1.54, 1.807) is 0 Å². The molecule has 0 fully saturated rings. The first kappa shape index (κ1) is 35.4. The summed E-state index contributed by atoms with van der Waals surface area (Å²) in [7, 11) is 0. The van der Waals surface area contributed by atoms with Gasteiger partial charge in [0.1, 0.15) is 0 Å². The van der Waals surface area contributed by atoms with Gasteiger partial charge >= 0.3 is 0 Å². The Morgan fingerprint density at radius 1 is 0.286 bits per heavy atom. The maximum absolute atomic E-state index is 5.34. The molecular formula is C61H38N2. The average molecular weight is 799 g/mol. The molecule has 0 radical (unpaired) electrons. The summed E-state index contributed by atoms with van der Waals surface area (Å²) in [6, 6.07) is 83.9. The van der Waals surface area contributed by atoms with E-state index in [-0.39, 0.29) is 0 Å². The van der Waals surface area contributed by atoms with Crippen LogP contribution >= 0.6 is 0 Å². The maximum atomic E-state index is 5.34. The Morgan fingerprint density at radius 2 is 0.794 bits per heavy atom. The molecule has 63 heavy (non-hydrogen) atoms. The highest BCUT2D eigenvalue weighted by Crippen LogP contribution is 2.58. The van der Waals surface area contributed by atoms with Gasteiger partial charge in [-0.25, -0.2) is 4.98 Å². The van der Waals surface area contributed by atoms with E-state index in [1.807, 2.05) is 0 Å². The number of aromatic nitrogens is 2. The molecule has 2 nitrogen and oxygen atoms in total. The second-order valence-corrected chi connectivity index (χ2v) is 16.6. The van der Waals surface area contributed by atoms with Crippen LogP contribution in [0.4, 0.5) is 0 Å². The predicted molar refractivity (Wildman–Crippen MR) is 265 cm³/mol. The molecule has 2 heterocycles. The Labute approximate surface area is 365 Å². The molecule has 0 N–H and O–H groups in total. The Hall–Kier alpha value is -8.33. The highest BCUT2D eigenvalue weighted by atomic mass is 15.0. The van der Waals surface area contributed by atoms with E-state index >= 15 is 0 Å². The zero-order valence-corrected chi connectivity index (χ0v) is 34.3. The number of hydrogen-bond acceptors (Lipinski definition) is 1. The first-order valence-corrected chi connectivity index (χ1v) is 21.7. The molecule has 10 aromatic carbocycles. The highest BCUT2D eigenvalue weighted by molar-refractivity contribution is 6.28. The van der Waals surface area contributed by atoms with Crippen LogP contribution in [-0.4, -0.2) is 9.55 Å². The topological polar surface area (TPSA) is 17.8 Å². The fraction of sp³-hybridized carbons (Fsp3) is 0. The third-order valence-corrected chi connectivity index (χ3v) is 13.1. The number of hydrogen-bond donors (Lipinski definition) is 0. The molecule has 2 aromatic heterocycles. The summed E-state index contributed by atoms with van der Waals surface area (Å²) in [6.45, 7) is 0. The smallest absolute Gasteiger partial charge is 0.0971 e. The molecule has 0 spiro atoms. The van der Waals surface area contributed by atoms with Crippen molar-refractivity contribution in [2.24, 2.45) is 0 Å². The van der Waals surface area contributed by atoms with Gasteiger partial charge in [0.05, 0.1) is 22.2 Å². The molecule has 1 aliphatic carbocycles. The van der Waals surface area contributed by atoms with Crippen LogP contribution in [0, 0.1) is 0 Å². The van der Waals surface area contributed by atoms with Crippen molar-refractivity contribution in [3.05, 3.63) is 231 Å². The van der Waals surface area contributed by atoms with Gasteiger partial charge in [-0.15, -0.1) is 0 Å². The van der Waals surface area contributed by atoms with Gasteiger partial charge in [-0.1, -0.05) is 194 Å². The summed E-state index contributed by atoms with van der Waals surface area (Å²) in [6.07, 6.45) is 0. The van der Waals surface area contributed by atoms with Gasteiger partial charge in [-0.2, -0.15) is 0 Å². The molecule has 0 amide bonds. The lowest BCUT2D eigenvalue weighted by molar-refractivity contribution is 1.18. The molecule has 0 saturated carbocycles. The Bertz CT molecular complexity index is 3550. The summed E-state index contributed by atoms with van der Waals surface area (Å²) in [5.74, 6) is 0. The fourth-order valence-electron chi connectivity index (χ4n) is 10.4. The summed E-state index contributed by atoms with van der Waals surface area (Å²) in [4.78, 5) is 5.34. The van der Waals surface area contributed by atoms with Gasteiger partial charge in [0.2, 0.25) is 0 Å². The Balaban J connectivity index is 0.990. The largest absolute Gasteiger partial charge is 0.308 e. The van der Waals surface area contributed by atoms with Crippen molar-refractivity contribution in [1.29, 1.82) is 0 Å². The van der Waals surface area contributed by atoms with Gasteiger partial charge in [-0.3, -0.25) is 0 Å². The summed E-state index contributed by atoms with van der Waals surface area (Å²) in [5.41, 5.74) is 21.5.